The quantitative estimate of drug-likeness (QED) is 0.214. The van der Waals surface area contributed by atoms with Gasteiger partial charge in [0.25, 0.3) is 5.91 Å². The molecule has 13 nitrogen and oxygen atoms in total. The number of anilines is 1. The number of para-hydroxylation sites is 1. The highest BCUT2D eigenvalue weighted by Crippen LogP contribution is 2.24. The van der Waals surface area contributed by atoms with Gasteiger partial charge < -0.3 is 15.5 Å². The average Bonchev–Trinajstić information content (AvgIpc) is 3.64. The lowest BCUT2D eigenvalue weighted by Gasteiger charge is -2.15. The van der Waals surface area contributed by atoms with Crippen LogP contribution in [0.1, 0.15) is 16.2 Å². The Morgan fingerprint density at radius 3 is 2.54 bits per heavy atom. The van der Waals surface area contributed by atoms with Gasteiger partial charge in [-0.15, -0.1) is 10.2 Å². The van der Waals surface area contributed by atoms with Crippen molar-refractivity contribution in [2.75, 3.05) is 5.32 Å². The fraction of sp³-hybridized carbons (Fsp3) is 0.167. The first-order valence-corrected chi connectivity index (χ1v) is 12.1. The van der Waals surface area contributed by atoms with Gasteiger partial charge in [0.1, 0.15) is 12.9 Å². The van der Waals surface area contributed by atoms with Crippen LogP contribution >= 0.6 is 11.6 Å². The lowest BCUT2D eigenvalue weighted by molar-refractivity contribution is -0.207. The summed E-state index contributed by atoms with van der Waals surface area (Å²) in [4.78, 5) is 30.1. The number of benzene rings is 2. The number of hydrogen-bond donors (Lipinski definition) is 4. The largest absolute Gasteiger partial charge is 0.494 e. The molecular weight excluding hydrogens is 571 g/mol. The van der Waals surface area contributed by atoms with E-state index in [9.17, 15) is 33.0 Å². The number of nitrogens with one attached hydrogen (secondary N) is 2. The van der Waals surface area contributed by atoms with E-state index < -0.39 is 30.4 Å². The van der Waals surface area contributed by atoms with Crippen LogP contribution in [0.2, 0.25) is 5.02 Å². The molecule has 4 N–H and O–H groups in total. The fourth-order valence-electron chi connectivity index (χ4n) is 3.84. The van der Waals surface area contributed by atoms with E-state index in [1.54, 1.807) is 18.2 Å². The topological polar surface area (TPSA) is 169 Å². The number of alkyl halides is 3. The molecule has 0 spiro atoms. The predicted octanol–water partition coefficient (Wildman–Crippen LogP) is 2.60. The molecule has 17 heteroatoms. The first-order valence-electron chi connectivity index (χ1n) is 11.7. The van der Waals surface area contributed by atoms with Crippen LogP contribution in [0, 0.1) is 0 Å². The van der Waals surface area contributed by atoms with Crippen LogP contribution in [0.25, 0.3) is 17.1 Å². The van der Waals surface area contributed by atoms with E-state index in [1.165, 1.54) is 47.4 Å². The molecule has 0 radical (unpaired) electrons. The molecule has 3 aromatic heterocycles. The van der Waals surface area contributed by atoms with Gasteiger partial charge in [0.15, 0.2) is 23.6 Å². The van der Waals surface area contributed by atoms with E-state index in [4.69, 9.17) is 11.6 Å². The summed E-state index contributed by atoms with van der Waals surface area (Å²) in [7, 11) is 0. The number of aromatic hydroxyl groups is 1. The average molecular weight is 590 g/mol. The first kappa shape index (κ1) is 27.6. The summed E-state index contributed by atoms with van der Waals surface area (Å²) >= 11 is 5.91. The minimum absolute atomic E-state index is 0.0585. The predicted molar refractivity (Wildman–Crippen MR) is 138 cm³/mol. The van der Waals surface area contributed by atoms with Crippen molar-refractivity contribution in [1.82, 2.24) is 39.3 Å². The molecule has 0 saturated carbocycles. The molecule has 212 valence electrons. The van der Waals surface area contributed by atoms with Crippen LogP contribution < -0.4 is 11.0 Å². The van der Waals surface area contributed by atoms with Crippen molar-refractivity contribution in [3.8, 4) is 23.0 Å². The zero-order valence-electron chi connectivity index (χ0n) is 20.6. The van der Waals surface area contributed by atoms with Crippen LogP contribution in [0.4, 0.5) is 19.0 Å². The third kappa shape index (κ3) is 5.97. The monoisotopic (exact) mass is 589 g/mol. The molecular formula is C24H19ClF3N9O4. The van der Waals surface area contributed by atoms with Crippen molar-refractivity contribution >= 4 is 23.3 Å². The van der Waals surface area contributed by atoms with Gasteiger partial charge in [0.05, 0.1) is 17.8 Å². The SMILES string of the molecule is O=C(Nc1cc(O)[nH]n1)c1ccccc1-n1cnc(Cn2nc(-c3ccc(Cl)cc3)n(CC(O)C(F)(F)F)c2=O)n1. The highest BCUT2D eigenvalue weighted by atomic mass is 35.5. The van der Waals surface area contributed by atoms with Gasteiger partial charge >= 0.3 is 11.9 Å². The Balaban J connectivity index is 1.44. The van der Waals surface area contributed by atoms with Crippen LogP contribution in [0.15, 0.2) is 65.7 Å². The standard InChI is InChI=1S/C24H19ClF3N9O4/c25-14-7-5-13(6-8-14)21-34-36(23(41)35(21)10-17(38)24(26,27)28)11-19-29-12-37(33-19)16-4-2-1-3-15(16)22(40)30-18-9-20(39)32-31-18/h1-9,12,17,38H,10-11H2,(H3,30,31,32,39,40). The Morgan fingerprint density at radius 2 is 1.85 bits per heavy atom. The molecule has 0 fully saturated rings. The highest BCUT2D eigenvalue weighted by Gasteiger charge is 2.39. The third-order valence-electron chi connectivity index (χ3n) is 5.79. The Labute approximate surface area is 232 Å². The van der Waals surface area contributed by atoms with Crippen molar-refractivity contribution in [2.24, 2.45) is 0 Å². The number of H-pyrrole nitrogens is 1. The smallest absolute Gasteiger partial charge is 0.416 e. The molecule has 0 saturated heterocycles. The molecule has 3 heterocycles. The van der Waals surface area contributed by atoms with Crippen LogP contribution in [0.5, 0.6) is 5.88 Å². The van der Waals surface area contributed by atoms with E-state index in [0.717, 1.165) is 4.68 Å². The summed E-state index contributed by atoms with van der Waals surface area (Å²) in [6.07, 6.45) is -6.48. The van der Waals surface area contributed by atoms with E-state index in [-0.39, 0.29) is 35.5 Å². The number of aliphatic hydroxyl groups is 1. The molecule has 2 aromatic carbocycles. The first-order chi connectivity index (χ1) is 19.5. The Hall–Kier alpha value is -4.96. The second-order valence-corrected chi connectivity index (χ2v) is 9.09. The van der Waals surface area contributed by atoms with E-state index in [0.29, 0.717) is 20.8 Å². The van der Waals surface area contributed by atoms with E-state index >= 15 is 0 Å². The van der Waals surface area contributed by atoms with Gasteiger partial charge in [-0.3, -0.25) is 9.36 Å². The number of hydrogen-bond acceptors (Lipinski definition) is 8. The van der Waals surface area contributed by atoms with Crippen LogP contribution in [-0.4, -0.2) is 67.7 Å². The molecule has 1 atom stereocenters. The molecule has 5 aromatic rings. The summed E-state index contributed by atoms with van der Waals surface area (Å²) in [5.41, 5.74) is -0.143. The Bertz CT molecular complexity index is 1760. The number of nitrogens with zero attached hydrogens (tertiary/aromatic N) is 7. The summed E-state index contributed by atoms with van der Waals surface area (Å²) in [5.74, 6) is -0.776. The van der Waals surface area contributed by atoms with Crippen molar-refractivity contribution in [2.45, 2.75) is 25.4 Å². The molecule has 0 aliphatic rings. The van der Waals surface area contributed by atoms with Crippen molar-refractivity contribution < 1.29 is 28.2 Å². The van der Waals surface area contributed by atoms with Crippen molar-refractivity contribution in [3.05, 3.63) is 87.8 Å². The second-order valence-electron chi connectivity index (χ2n) is 8.65. The molecule has 0 aliphatic heterocycles. The number of aromatic nitrogens is 8. The zero-order valence-corrected chi connectivity index (χ0v) is 21.4. The maximum absolute atomic E-state index is 13.1. The zero-order chi connectivity index (χ0) is 29.3. The van der Waals surface area contributed by atoms with E-state index in [1.807, 2.05) is 0 Å². The Morgan fingerprint density at radius 1 is 1.12 bits per heavy atom. The minimum atomic E-state index is -4.96. The maximum Gasteiger partial charge on any atom is 0.416 e. The Kier molecular flexibility index (Phi) is 7.34. The fourth-order valence-corrected chi connectivity index (χ4v) is 3.97. The number of aromatic amines is 1. The van der Waals surface area contributed by atoms with Gasteiger partial charge in [-0.25, -0.2) is 24.2 Å². The molecule has 1 unspecified atom stereocenters. The summed E-state index contributed by atoms with van der Waals surface area (Å²) in [6, 6.07) is 13.5. The van der Waals surface area contributed by atoms with Gasteiger partial charge in [-0.2, -0.15) is 18.3 Å². The molecule has 5 rings (SSSR count). The van der Waals surface area contributed by atoms with Crippen LogP contribution in [0.3, 0.4) is 0 Å². The number of carbonyl (C=O) groups excluding carboxylic acids is 1. The normalized spacial score (nSPS) is 12.4. The molecule has 1 amide bonds. The van der Waals surface area contributed by atoms with Gasteiger partial charge in [-0.1, -0.05) is 23.7 Å². The molecule has 0 aliphatic carbocycles. The minimum Gasteiger partial charge on any atom is -0.494 e. The van der Waals surface area contributed by atoms with Crippen molar-refractivity contribution in [3.63, 3.8) is 0 Å². The lowest BCUT2D eigenvalue weighted by Crippen LogP contribution is -2.37. The van der Waals surface area contributed by atoms with Gasteiger partial charge in [-0.05, 0) is 36.4 Å². The molecule has 41 heavy (non-hydrogen) atoms. The number of carbonyl (C=O) groups is 1. The summed E-state index contributed by atoms with van der Waals surface area (Å²) in [5, 5.41) is 36.5. The van der Waals surface area contributed by atoms with Crippen LogP contribution in [-0.2, 0) is 13.1 Å². The van der Waals surface area contributed by atoms with Gasteiger partial charge in [0, 0.05) is 16.7 Å². The summed E-state index contributed by atoms with van der Waals surface area (Å²) < 4.78 is 42.2. The van der Waals surface area contributed by atoms with Gasteiger partial charge in [0.2, 0.25) is 5.88 Å². The second kappa shape index (κ2) is 10.9. The highest BCUT2D eigenvalue weighted by molar-refractivity contribution is 6.30. The maximum atomic E-state index is 13.1. The van der Waals surface area contributed by atoms with E-state index in [2.05, 4.69) is 30.7 Å². The number of aliphatic hydroxyl groups excluding tert-OH is 1. The lowest BCUT2D eigenvalue weighted by atomic mass is 10.1. The number of rotatable bonds is 8. The number of amides is 1. The molecule has 0 bridgehead atoms. The third-order valence-corrected chi connectivity index (χ3v) is 6.04. The summed E-state index contributed by atoms with van der Waals surface area (Å²) in [6.45, 7) is -1.42. The number of halogens is 4. The van der Waals surface area contributed by atoms with Crippen molar-refractivity contribution in [1.29, 1.82) is 0 Å².